The molecule has 0 fully saturated rings. The molecule has 0 atom stereocenters. The van der Waals surface area contributed by atoms with Gasteiger partial charge in [0.25, 0.3) is 11.1 Å². The van der Waals surface area contributed by atoms with Gasteiger partial charge >= 0.3 is 0 Å². The Hall–Kier alpha value is -2.08. The van der Waals surface area contributed by atoms with Crippen molar-refractivity contribution in [3.8, 4) is 0 Å². The highest BCUT2D eigenvalue weighted by atomic mass is 16.1. The van der Waals surface area contributed by atoms with Crippen LogP contribution >= 0.6 is 0 Å². The Bertz CT molecular complexity index is 720. The van der Waals surface area contributed by atoms with Crippen molar-refractivity contribution < 1.29 is 5.73 Å². The Morgan fingerprint density at radius 2 is 1.77 bits per heavy atom. The van der Waals surface area contributed by atoms with Gasteiger partial charge in [-0.2, -0.15) is 0 Å². The Morgan fingerprint density at radius 3 is 2.50 bits per heavy atom. The van der Waals surface area contributed by atoms with E-state index < -0.39 is 0 Å². The van der Waals surface area contributed by atoms with E-state index >= 15 is 0 Å². The lowest BCUT2D eigenvalue weighted by Crippen LogP contribution is -2.50. The predicted molar refractivity (Wildman–Crippen MR) is 89.3 cm³/mol. The fourth-order valence-corrected chi connectivity index (χ4v) is 2.76. The standard InChI is InChI=1S/C16H24N4O2/c1-2-20(11-6-4-3-5-10-17)13-9-7-8-12-14(13)16(22)19-18-15(12)21/h7-9H,2-6,10-11,17H2,1H3,(H,18,21)(H,19,22)/p+1. The normalized spacial score (nSPS) is 11.0. The molecule has 22 heavy (non-hydrogen) atoms. The summed E-state index contributed by atoms with van der Waals surface area (Å²) in [4.78, 5) is 26.2. The number of H-pyrrole nitrogens is 2. The monoisotopic (exact) mass is 305 g/mol. The van der Waals surface area contributed by atoms with Crippen LogP contribution in [-0.4, -0.2) is 29.8 Å². The maximum Gasteiger partial charge on any atom is 0.272 e. The summed E-state index contributed by atoms with van der Waals surface area (Å²) in [5.74, 6) is 0. The second-order valence-electron chi connectivity index (χ2n) is 5.46. The summed E-state index contributed by atoms with van der Waals surface area (Å²) in [5, 5.41) is 5.71. The van der Waals surface area contributed by atoms with Crippen LogP contribution in [-0.2, 0) is 0 Å². The van der Waals surface area contributed by atoms with Gasteiger partial charge in [0.05, 0.1) is 23.0 Å². The molecule has 0 saturated carbocycles. The molecule has 0 unspecified atom stereocenters. The van der Waals surface area contributed by atoms with E-state index in [4.69, 9.17) is 0 Å². The second-order valence-corrected chi connectivity index (χ2v) is 5.46. The van der Waals surface area contributed by atoms with E-state index in [1.807, 2.05) is 12.1 Å². The van der Waals surface area contributed by atoms with Gasteiger partial charge in [-0.3, -0.25) is 19.8 Å². The van der Waals surface area contributed by atoms with Gasteiger partial charge in [-0.15, -0.1) is 0 Å². The van der Waals surface area contributed by atoms with E-state index in [9.17, 15) is 9.59 Å². The predicted octanol–water partition coefficient (Wildman–Crippen LogP) is 0.845. The molecule has 1 aromatic carbocycles. The first kappa shape index (κ1) is 16.3. The minimum Gasteiger partial charge on any atom is -0.371 e. The fourth-order valence-electron chi connectivity index (χ4n) is 2.76. The first-order valence-electron chi connectivity index (χ1n) is 7.97. The number of rotatable bonds is 8. The number of nitrogens with zero attached hydrogens (tertiary/aromatic N) is 1. The molecule has 0 aliphatic heterocycles. The summed E-state index contributed by atoms with van der Waals surface area (Å²) in [6.45, 7) is 4.74. The van der Waals surface area contributed by atoms with Gasteiger partial charge in [0, 0.05) is 13.1 Å². The maximum absolute atomic E-state index is 12.1. The van der Waals surface area contributed by atoms with E-state index in [1.165, 1.54) is 6.42 Å². The van der Waals surface area contributed by atoms with Crippen LogP contribution in [0.25, 0.3) is 10.8 Å². The highest BCUT2D eigenvalue weighted by Crippen LogP contribution is 2.22. The lowest BCUT2D eigenvalue weighted by atomic mass is 10.1. The second kappa shape index (κ2) is 7.79. The Morgan fingerprint density at radius 1 is 1.05 bits per heavy atom. The lowest BCUT2D eigenvalue weighted by molar-refractivity contribution is -0.368. The third-order valence-corrected chi connectivity index (χ3v) is 3.95. The molecule has 0 bridgehead atoms. The molecule has 1 aromatic heterocycles. The third kappa shape index (κ3) is 3.57. The lowest BCUT2D eigenvalue weighted by Gasteiger charge is -2.24. The molecule has 0 spiro atoms. The fraction of sp³-hybridized carbons (Fsp3) is 0.500. The van der Waals surface area contributed by atoms with E-state index in [2.05, 4.69) is 27.8 Å². The maximum atomic E-state index is 12.1. The molecule has 0 saturated heterocycles. The van der Waals surface area contributed by atoms with Crippen molar-refractivity contribution in [3.05, 3.63) is 38.9 Å². The molecule has 0 aliphatic rings. The van der Waals surface area contributed by atoms with Gasteiger partial charge in [-0.1, -0.05) is 12.5 Å². The molecule has 2 aromatic rings. The number of aromatic nitrogens is 2. The average molecular weight is 305 g/mol. The molecule has 2 rings (SSSR count). The Balaban J connectivity index is 2.26. The quantitative estimate of drug-likeness (QED) is 0.631. The number of quaternary nitrogens is 1. The SMILES string of the molecule is CCN(CCCCCC[NH3+])c1cccc2c(=O)[nH][nH]c(=O)c12. The minimum absolute atomic E-state index is 0.249. The number of nitrogens with one attached hydrogen (secondary N) is 2. The highest BCUT2D eigenvalue weighted by molar-refractivity contribution is 5.92. The van der Waals surface area contributed by atoms with Gasteiger partial charge in [-0.05, 0) is 38.3 Å². The number of fused-ring (bicyclic) bond motifs is 1. The Labute approximate surface area is 129 Å². The van der Waals surface area contributed by atoms with Crippen molar-refractivity contribution in [3.63, 3.8) is 0 Å². The molecule has 6 heteroatoms. The van der Waals surface area contributed by atoms with Crippen LogP contribution < -0.4 is 21.8 Å². The van der Waals surface area contributed by atoms with Crippen molar-refractivity contribution in [2.24, 2.45) is 0 Å². The molecular weight excluding hydrogens is 280 g/mol. The van der Waals surface area contributed by atoms with Gasteiger partial charge in [-0.25, -0.2) is 0 Å². The summed E-state index contributed by atoms with van der Waals surface area (Å²) in [6.07, 6.45) is 4.59. The first-order chi connectivity index (χ1) is 10.7. The molecule has 0 amide bonds. The van der Waals surface area contributed by atoms with Crippen LogP contribution in [0.3, 0.4) is 0 Å². The van der Waals surface area contributed by atoms with Crippen molar-refractivity contribution in [1.82, 2.24) is 10.2 Å². The third-order valence-electron chi connectivity index (χ3n) is 3.95. The van der Waals surface area contributed by atoms with Crippen molar-refractivity contribution in [2.45, 2.75) is 32.6 Å². The van der Waals surface area contributed by atoms with E-state index in [-0.39, 0.29) is 11.1 Å². The minimum atomic E-state index is -0.261. The van der Waals surface area contributed by atoms with Gasteiger partial charge in [0.1, 0.15) is 0 Å². The van der Waals surface area contributed by atoms with Crippen LogP contribution in [0.2, 0.25) is 0 Å². The van der Waals surface area contributed by atoms with Gasteiger partial charge < -0.3 is 10.6 Å². The summed E-state index contributed by atoms with van der Waals surface area (Å²) in [5.41, 5.74) is 4.18. The van der Waals surface area contributed by atoms with Crippen molar-refractivity contribution >= 4 is 16.5 Å². The zero-order chi connectivity index (χ0) is 15.9. The molecule has 6 nitrogen and oxygen atoms in total. The summed E-state index contributed by atoms with van der Waals surface area (Å²) in [6, 6.07) is 5.43. The van der Waals surface area contributed by atoms with E-state index in [0.717, 1.165) is 44.6 Å². The largest absolute Gasteiger partial charge is 0.371 e. The number of anilines is 1. The molecule has 0 radical (unpaired) electrons. The highest BCUT2D eigenvalue weighted by Gasteiger charge is 2.12. The molecule has 0 aliphatic carbocycles. The topological polar surface area (TPSA) is 96.6 Å². The molecule has 120 valence electrons. The summed E-state index contributed by atoms with van der Waals surface area (Å²) >= 11 is 0. The number of aromatic amines is 2. The zero-order valence-corrected chi connectivity index (χ0v) is 13.2. The summed E-state index contributed by atoms with van der Waals surface area (Å²) in [7, 11) is 0. The first-order valence-corrected chi connectivity index (χ1v) is 7.97. The number of unbranched alkanes of at least 4 members (excludes halogenated alkanes) is 3. The van der Waals surface area contributed by atoms with Crippen LogP contribution in [0.4, 0.5) is 5.69 Å². The van der Waals surface area contributed by atoms with Crippen molar-refractivity contribution in [1.29, 1.82) is 0 Å². The number of hydrogen-bond acceptors (Lipinski definition) is 3. The van der Waals surface area contributed by atoms with Crippen LogP contribution in [0.15, 0.2) is 27.8 Å². The van der Waals surface area contributed by atoms with Crippen LogP contribution in [0.1, 0.15) is 32.6 Å². The number of benzene rings is 1. The smallest absolute Gasteiger partial charge is 0.272 e. The molecular formula is C16H25N4O2+. The van der Waals surface area contributed by atoms with Crippen LogP contribution in [0.5, 0.6) is 0 Å². The summed E-state index contributed by atoms with van der Waals surface area (Å²) < 4.78 is 0. The zero-order valence-electron chi connectivity index (χ0n) is 13.2. The number of hydrogen-bond donors (Lipinski definition) is 3. The molecule has 5 N–H and O–H groups in total. The van der Waals surface area contributed by atoms with Gasteiger partial charge in [0.2, 0.25) is 0 Å². The van der Waals surface area contributed by atoms with E-state index in [1.54, 1.807) is 6.07 Å². The van der Waals surface area contributed by atoms with Crippen molar-refractivity contribution in [2.75, 3.05) is 24.5 Å². The molecule has 1 heterocycles. The van der Waals surface area contributed by atoms with E-state index in [0.29, 0.717) is 10.8 Å². The Kier molecular flexibility index (Phi) is 5.77. The van der Waals surface area contributed by atoms with Gasteiger partial charge in [0.15, 0.2) is 0 Å². The van der Waals surface area contributed by atoms with Crippen LogP contribution in [0, 0.1) is 0 Å². The average Bonchev–Trinajstić information content (AvgIpc) is 2.54.